The van der Waals surface area contributed by atoms with E-state index in [0.717, 1.165) is 12.8 Å². The molecule has 0 aromatic carbocycles. The number of hydrogen-bond donors (Lipinski definition) is 1. The van der Waals surface area contributed by atoms with Crippen molar-refractivity contribution in [1.82, 2.24) is 0 Å². The van der Waals surface area contributed by atoms with Crippen LogP contribution in [0.5, 0.6) is 0 Å². The van der Waals surface area contributed by atoms with Crippen molar-refractivity contribution in [3.8, 4) is 0 Å². The van der Waals surface area contributed by atoms with Crippen molar-refractivity contribution < 1.29 is 4.79 Å². The maximum atomic E-state index is 10.5. The summed E-state index contributed by atoms with van der Waals surface area (Å²) in [6.45, 7) is 2.26. The van der Waals surface area contributed by atoms with E-state index < -0.39 is 0 Å². The monoisotopic (exact) mass is 405 g/mol. The second kappa shape index (κ2) is 20.0. The first-order valence-corrected chi connectivity index (χ1v) is 8.70. The summed E-state index contributed by atoms with van der Waals surface area (Å²) in [4.78, 5) is 10.5. The first kappa shape index (κ1) is 23.3. The second-order valence-electron chi connectivity index (χ2n) is 5.80. The quantitative estimate of drug-likeness (QED) is 0.250. The number of nitrogens with two attached hydrogens (primary N) is 1. The Bertz CT molecular complexity index is 241. The molecule has 0 bridgehead atoms. The predicted octanol–water partition coefficient (Wildman–Crippen LogP) is 4.06. The normalized spacial score (nSPS) is 10.7. The van der Waals surface area contributed by atoms with Crippen molar-refractivity contribution in [3.05, 3.63) is 12.2 Å². The molecule has 0 unspecified atom stereocenters. The van der Waals surface area contributed by atoms with Crippen LogP contribution in [-0.4, -0.2) is 29.8 Å². The van der Waals surface area contributed by atoms with Crippen LogP contribution in [0.15, 0.2) is 12.2 Å². The van der Waals surface area contributed by atoms with Gasteiger partial charge in [0.25, 0.3) is 0 Å². The number of amides is 1. The van der Waals surface area contributed by atoms with Crippen molar-refractivity contribution in [2.45, 2.75) is 96.8 Å². The zero-order valence-corrected chi connectivity index (χ0v) is 13.5. The van der Waals surface area contributed by atoms with Gasteiger partial charge >= 0.3 is 23.9 Å². The van der Waals surface area contributed by atoms with E-state index in [4.69, 9.17) is 5.73 Å². The molecule has 0 spiro atoms. The van der Waals surface area contributed by atoms with Crippen molar-refractivity contribution in [2.75, 3.05) is 0 Å². The molecule has 1 amide bonds. The summed E-state index contributed by atoms with van der Waals surface area (Å²) in [7, 11) is 0. The minimum absolute atomic E-state index is 0. The summed E-state index contributed by atoms with van der Waals surface area (Å²) in [5.74, 6) is -0.164. The fourth-order valence-corrected chi connectivity index (χ4v) is 2.37. The van der Waals surface area contributed by atoms with Crippen LogP contribution in [0.2, 0.25) is 0 Å². The Kier molecular flexibility index (Phi) is 22.2. The molecule has 2 nitrogen and oxygen atoms in total. The number of unbranched alkanes of at least 4 members (excludes halogenated alkanes) is 11. The third kappa shape index (κ3) is 22.4. The van der Waals surface area contributed by atoms with Crippen LogP contribution in [0.25, 0.3) is 0 Å². The summed E-state index contributed by atoms with van der Waals surface area (Å²) in [6.07, 6.45) is 21.9. The Morgan fingerprint density at radius 1 is 0.762 bits per heavy atom. The molecule has 0 rings (SSSR count). The summed E-state index contributed by atoms with van der Waals surface area (Å²) in [5.41, 5.74) is 5.10. The van der Waals surface area contributed by atoms with Crippen molar-refractivity contribution in [1.29, 1.82) is 0 Å². The van der Waals surface area contributed by atoms with Gasteiger partial charge in [0.2, 0.25) is 5.91 Å². The molecule has 0 saturated heterocycles. The Labute approximate surface area is 149 Å². The molecule has 0 radical (unpaired) electrons. The summed E-state index contributed by atoms with van der Waals surface area (Å²) < 4.78 is 0. The SMILES string of the molecule is CCCCCCCC/C=C\CCCCCCCC(N)=O.[SnH4]. The van der Waals surface area contributed by atoms with E-state index in [2.05, 4.69) is 19.1 Å². The van der Waals surface area contributed by atoms with Gasteiger partial charge in [0, 0.05) is 6.42 Å². The van der Waals surface area contributed by atoms with Crippen molar-refractivity contribution in [3.63, 3.8) is 0 Å². The molecule has 126 valence electrons. The van der Waals surface area contributed by atoms with Crippen LogP contribution in [0.4, 0.5) is 0 Å². The summed E-state index contributed by atoms with van der Waals surface area (Å²) in [6, 6.07) is 0. The molecule has 0 aliphatic carbocycles. The maximum absolute atomic E-state index is 10.5. The molecular weight excluding hydrogens is 365 g/mol. The Balaban J connectivity index is 0. The minimum atomic E-state index is -0.164. The van der Waals surface area contributed by atoms with Crippen LogP contribution < -0.4 is 5.73 Å². The third-order valence-electron chi connectivity index (χ3n) is 3.68. The molecule has 0 saturated carbocycles. The number of allylic oxidation sites excluding steroid dienone is 2. The molecular formula is C18H39NOSn. The van der Waals surface area contributed by atoms with Gasteiger partial charge in [0.15, 0.2) is 0 Å². The zero-order valence-electron chi connectivity index (χ0n) is 13.5. The van der Waals surface area contributed by atoms with Crippen LogP contribution in [0.3, 0.4) is 0 Å². The molecule has 0 heterocycles. The number of carbonyl (C=O) groups excluding carboxylic acids is 1. The van der Waals surface area contributed by atoms with Gasteiger partial charge < -0.3 is 5.73 Å². The van der Waals surface area contributed by atoms with Gasteiger partial charge in [-0.05, 0) is 32.1 Å². The molecule has 3 heteroatoms. The van der Waals surface area contributed by atoms with Gasteiger partial charge in [-0.15, -0.1) is 0 Å². The van der Waals surface area contributed by atoms with Gasteiger partial charge in [0.1, 0.15) is 0 Å². The number of rotatable bonds is 15. The van der Waals surface area contributed by atoms with E-state index in [1.165, 1.54) is 70.6 Å². The first-order chi connectivity index (χ1) is 9.77. The Morgan fingerprint density at radius 3 is 1.67 bits per heavy atom. The van der Waals surface area contributed by atoms with E-state index in [9.17, 15) is 4.79 Å². The van der Waals surface area contributed by atoms with E-state index in [0.29, 0.717) is 6.42 Å². The Morgan fingerprint density at radius 2 is 1.19 bits per heavy atom. The van der Waals surface area contributed by atoms with Gasteiger partial charge in [-0.1, -0.05) is 70.4 Å². The van der Waals surface area contributed by atoms with Crippen LogP contribution in [0, 0.1) is 0 Å². The van der Waals surface area contributed by atoms with Crippen LogP contribution in [-0.2, 0) is 4.79 Å². The molecule has 0 aliphatic heterocycles. The standard InChI is InChI=1S/C18H35NO.Sn.4H/c1-2-3-4-5-6-7-8-9-10-11-12-13-14-15-16-17-18(19)20;;;;;/h9-10H,2-8,11-17H2,1H3,(H2,19,20);;;;;/b10-9-;;;;;. The topological polar surface area (TPSA) is 43.1 Å². The number of primary amides is 1. The van der Waals surface area contributed by atoms with Gasteiger partial charge in [0.05, 0.1) is 0 Å². The third-order valence-corrected chi connectivity index (χ3v) is 3.68. The van der Waals surface area contributed by atoms with E-state index in [-0.39, 0.29) is 29.8 Å². The average molecular weight is 404 g/mol. The molecule has 0 aromatic rings. The predicted molar refractivity (Wildman–Crippen MR) is 100.0 cm³/mol. The molecule has 0 fully saturated rings. The average Bonchev–Trinajstić information content (AvgIpc) is 2.43. The molecule has 21 heavy (non-hydrogen) atoms. The Hall–Kier alpha value is 0.00870. The van der Waals surface area contributed by atoms with Gasteiger partial charge in [-0.2, -0.15) is 0 Å². The molecule has 0 atom stereocenters. The van der Waals surface area contributed by atoms with Crippen molar-refractivity contribution >= 4 is 29.8 Å². The summed E-state index contributed by atoms with van der Waals surface area (Å²) in [5, 5.41) is 0. The van der Waals surface area contributed by atoms with Gasteiger partial charge in [-0.25, -0.2) is 0 Å². The first-order valence-electron chi connectivity index (χ1n) is 8.70. The molecule has 0 aliphatic rings. The number of carbonyl (C=O) groups is 1. The van der Waals surface area contributed by atoms with Gasteiger partial charge in [-0.3, -0.25) is 4.79 Å². The van der Waals surface area contributed by atoms with E-state index in [1.807, 2.05) is 0 Å². The fourth-order valence-electron chi connectivity index (χ4n) is 2.37. The summed E-state index contributed by atoms with van der Waals surface area (Å²) >= 11 is 0. The van der Waals surface area contributed by atoms with E-state index >= 15 is 0 Å². The second-order valence-corrected chi connectivity index (χ2v) is 5.80. The van der Waals surface area contributed by atoms with Crippen LogP contribution in [0.1, 0.15) is 96.8 Å². The van der Waals surface area contributed by atoms with E-state index in [1.54, 1.807) is 0 Å². The zero-order chi connectivity index (χ0) is 14.9. The van der Waals surface area contributed by atoms with Crippen molar-refractivity contribution in [2.24, 2.45) is 5.73 Å². The number of hydrogen-bond acceptors (Lipinski definition) is 1. The molecule has 0 aromatic heterocycles. The van der Waals surface area contributed by atoms with Crippen LogP contribution >= 0.6 is 0 Å². The molecule has 2 N–H and O–H groups in total. The fraction of sp³-hybridized carbons (Fsp3) is 0.833.